The molecule has 0 saturated heterocycles. The quantitative estimate of drug-likeness (QED) is 0.366. The molecule has 0 spiro atoms. The molecule has 6 heteroatoms. The van der Waals surface area contributed by atoms with E-state index < -0.39 is 10.9 Å². The fourth-order valence-corrected chi connectivity index (χ4v) is 1.75. The molecular weight excluding hydrogens is 296 g/mol. The summed E-state index contributed by atoms with van der Waals surface area (Å²) in [5, 5.41) is 19.2. The van der Waals surface area contributed by atoms with Crippen molar-refractivity contribution in [2.24, 2.45) is 0 Å². The van der Waals surface area contributed by atoms with Gasteiger partial charge in [0, 0.05) is 18.2 Å². The molecule has 0 aliphatic rings. The number of rotatable bonds is 5. The second kappa shape index (κ2) is 7.52. The van der Waals surface area contributed by atoms with Crippen LogP contribution in [0.15, 0.2) is 54.6 Å². The van der Waals surface area contributed by atoms with Crippen LogP contribution in [0.25, 0.3) is 6.08 Å². The van der Waals surface area contributed by atoms with Crippen molar-refractivity contribution >= 4 is 17.7 Å². The maximum absolute atomic E-state index is 11.6. The molecule has 114 valence electrons. The van der Waals surface area contributed by atoms with Gasteiger partial charge in [0.05, 0.1) is 16.6 Å². The third-order valence-corrected chi connectivity index (χ3v) is 2.98. The molecule has 2 rings (SSSR count). The summed E-state index contributed by atoms with van der Waals surface area (Å²) in [7, 11) is 0. The summed E-state index contributed by atoms with van der Waals surface area (Å²) in [6.07, 6.45) is 2.87. The molecule has 2 aromatic carbocycles. The van der Waals surface area contributed by atoms with Crippen LogP contribution in [0, 0.1) is 21.4 Å². The van der Waals surface area contributed by atoms with Gasteiger partial charge in [-0.2, -0.15) is 5.26 Å². The number of esters is 1. The Hall–Kier alpha value is -3.46. The van der Waals surface area contributed by atoms with Gasteiger partial charge in [-0.05, 0) is 41.5 Å². The molecule has 0 saturated carbocycles. The molecule has 0 aliphatic carbocycles. The standard InChI is InChI=1S/C17H12N2O4/c18-11-14-3-1-13(2-4-14)7-10-17(20)23-12-15-5-8-16(9-6-15)19(21)22/h1-10H,12H2. The molecular formula is C17H12N2O4. The van der Waals surface area contributed by atoms with Crippen molar-refractivity contribution < 1.29 is 14.5 Å². The highest BCUT2D eigenvalue weighted by Crippen LogP contribution is 2.12. The highest BCUT2D eigenvalue weighted by Gasteiger charge is 2.05. The maximum atomic E-state index is 11.6. The van der Waals surface area contributed by atoms with Gasteiger partial charge in [-0.15, -0.1) is 0 Å². The zero-order valence-corrected chi connectivity index (χ0v) is 12.0. The van der Waals surface area contributed by atoms with Crippen LogP contribution in [0.3, 0.4) is 0 Å². The minimum absolute atomic E-state index is 0.0132. The Morgan fingerprint density at radius 2 is 1.83 bits per heavy atom. The number of nitrogens with zero attached hydrogens (tertiary/aromatic N) is 2. The fraction of sp³-hybridized carbons (Fsp3) is 0.0588. The summed E-state index contributed by atoms with van der Waals surface area (Å²) in [5.41, 5.74) is 1.97. The van der Waals surface area contributed by atoms with Crippen LogP contribution in [0.1, 0.15) is 16.7 Å². The highest BCUT2D eigenvalue weighted by atomic mass is 16.6. The molecule has 0 atom stereocenters. The van der Waals surface area contributed by atoms with Gasteiger partial charge in [-0.25, -0.2) is 4.79 Å². The lowest BCUT2D eigenvalue weighted by Crippen LogP contribution is -2.00. The number of benzene rings is 2. The van der Waals surface area contributed by atoms with E-state index in [1.54, 1.807) is 30.3 Å². The first-order chi connectivity index (χ1) is 11.1. The van der Waals surface area contributed by atoms with E-state index in [4.69, 9.17) is 10.00 Å². The normalized spacial score (nSPS) is 10.2. The molecule has 0 N–H and O–H groups in total. The number of nitro groups is 1. The van der Waals surface area contributed by atoms with Crippen LogP contribution in [0.5, 0.6) is 0 Å². The minimum Gasteiger partial charge on any atom is -0.458 e. The summed E-state index contributed by atoms with van der Waals surface area (Å²) in [5.74, 6) is -0.521. The summed E-state index contributed by atoms with van der Waals surface area (Å²) in [6.45, 7) is 0.0362. The van der Waals surface area contributed by atoms with E-state index in [0.29, 0.717) is 11.1 Å². The van der Waals surface area contributed by atoms with Crippen molar-refractivity contribution in [2.75, 3.05) is 0 Å². The van der Waals surface area contributed by atoms with E-state index in [0.717, 1.165) is 5.56 Å². The lowest BCUT2D eigenvalue weighted by atomic mass is 10.1. The van der Waals surface area contributed by atoms with Crippen molar-refractivity contribution in [1.29, 1.82) is 5.26 Å². The van der Waals surface area contributed by atoms with Crippen LogP contribution in [0.2, 0.25) is 0 Å². The Morgan fingerprint density at radius 3 is 2.39 bits per heavy atom. The third-order valence-electron chi connectivity index (χ3n) is 2.98. The topological polar surface area (TPSA) is 93.2 Å². The number of hydrogen-bond acceptors (Lipinski definition) is 5. The van der Waals surface area contributed by atoms with E-state index in [-0.39, 0.29) is 12.3 Å². The van der Waals surface area contributed by atoms with Crippen LogP contribution >= 0.6 is 0 Å². The average Bonchev–Trinajstić information content (AvgIpc) is 2.59. The Labute approximate surface area is 132 Å². The Bertz CT molecular complexity index is 772. The lowest BCUT2D eigenvalue weighted by Gasteiger charge is -2.02. The second-order valence-electron chi connectivity index (χ2n) is 4.60. The van der Waals surface area contributed by atoms with Gasteiger partial charge in [0.2, 0.25) is 0 Å². The Morgan fingerprint density at radius 1 is 1.17 bits per heavy atom. The van der Waals surface area contributed by atoms with Gasteiger partial charge in [0.15, 0.2) is 0 Å². The van der Waals surface area contributed by atoms with Crippen LogP contribution in [0.4, 0.5) is 5.69 Å². The summed E-state index contributed by atoms with van der Waals surface area (Å²) in [6, 6.07) is 14.6. The third kappa shape index (κ3) is 4.79. The largest absolute Gasteiger partial charge is 0.458 e. The highest BCUT2D eigenvalue weighted by molar-refractivity contribution is 5.87. The lowest BCUT2D eigenvalue weighted by molar-refractivity contribution is -0.384. The van der Waals surface area contributed by atoms with E-state index in [2.05, 4.69) is 0 Å². The summed E-state index contributed by atoms with van der Waals surface area (Å²) in [4.78, 5) is 21.7. The first kappa shape index (κ1) is 15.9. The van der Waals surface area contributed by atoms with Gasteiger partial charge in [0.1, 0.15) is 6.61 Å². The van der Waals surface area contributed by atoms with Gasteiger partial charge < -0.3 is 4.74 Å². The SMILES string of the molecule is N#Cc1ccc(C=CC(=O)OCc2ccc([N+](=O)[O-])cc2)cc1. The van der Waals surface area contributed by atoms with Crippen molar-refractivity contribution in [1.82, 2.24) is 0 Å². The van der Waals surface area contributed by atoms with Crippen LogP contribution < -0.4 is 0 Å². The molecule has 0 unspecified atom stereocenters. The molecule has 0 heterocycles. The second-order valence-corrected chi connectivity index (χ2v) is 4.60. The predicted molar refractivity (Wildman–Crippen MR) is 83.1 cm³/mol. The molecule has 0 aliphatic heterocycles. The molecule has 0 radical (unpaired) electrons. The van der Waals surface area contributed by atoms with E-state index in [9.17, 15) is 14.9 Å². The number of non-ortho nitro benzene ring substituents is 1. The van der Waals surface area contributed by atoms with Gasteiger partial charge >= 0.3 is 5.97 Å². The first-order valence-electron chi connectivity index (χ1n) is 6.67. The number of nitriles is 1. The maximum Gasteiger partial charge on any atom is 0.331 e. The summed E-state index contributed by atoms with van der Waals surface area (Å²) >= 11 is 0. The molecule has 0 fully saturated rings. The number of ether oxygens (including phenoxy) is 1. The van der Waals surface area contributed by atoms with Crippen LogP contribution in [-0.4, -0.2) is 10.9 Å². The van der Waals surface area contributed by atoms with Crippen LogP contribution in [-0.2, 0) is 16.1 Å². The molecule has 0 amide bonds. The first-order valence-corrected chi connectivity index (χ1v) is 6.67. The average molecular weight is 308 g/mol. The van der Waals surface area contributed by atoms with E-state index in [1.807, 2.05) is 6.07 Å². The number of nitro benzene ring substituents is 1. The molecule has 0 aromatic heterocycles. The van der Waals surface area contributed by atoms with Crippen molar-refractivity contribution in [3.05, 3.63) is 81.4 Å². The fourth-order valence-electron chi connectivity index (χ4n) is 1.75. The zero-order chi connectivity index (χ0) is 16.7. The van der Waals surface area contributed by atoms with Gasteiger partial charge in [0.25, 0.3) is 5.69 Å². The number of carbonyl (C=O) groups excluding carboxylic acids is 1. The zero-order valence-electron chi connectivity index (χ0n) is 12.0. The van der Waals surface area contributed by atoms with E-state index >= 15 is 0 Å². The monoisotopic (exact) mass is 308 g/mol. The number of hydrogen-bond donors (Lipinski definition) is 0. The van der Waals surface area contributed by atoms with Gasteiger partial charge in [-0.3, -0.25) is 10.1 Å². The van der Waals surface area contributed by atoms with E-state index in [1.165, 1.54) is 30.3 Å². The molecule has 6 nitrogen and oxygen atoms in total. The van der Waals surface area contributed by atoms with Crippen molar-refractivity contribution in [2.45, 2.75) is 6.61 Å². The minimum atomic E-state index is -0.521. The molecule has 0 bridgehead atoms. The van der Waals surface area contributed by atoms with Crippen molar-refractivity contribution in [3.8, 4) is 6.07 Å². The summed E-state index contributed by atoms with van der Waals surface area (Å²) < 4.78 is 5.05. The molecule has 23 heavy (non-hydrogen) atoms. The Kier molecular flexibility index (Phi) is 5.21. The predicted octanol–water partition coefficient (Wildman–Crippen LogP) is 3.22. The van der Waals surface area contributed by atoms with Crippen molar-refractivity contribution in [3.63, 3.8) is 0 Å². The smallest absolute Gasteiger partial charge is 0.331 e. The Balaban J connectivity index is 1.87. The van der Waals surface area contributed by atoms with Gasteiger partial charge in [-0.1, -0.05) is 12.1 Å². The molecule has 2 aromatic rings. The number of carbonyl (C=O) groups is 1.